The number of rotatable bonds is 5. The van der Waals surface area contributed by atoms with Gasteiger partial charge >= 0.3 is 0 Å². The zero-order valence-corrected chi connectivity index (χ0v) is 17.8. The Balaban J connectivity index is 1.66. The third-order valence-electron chi connectivity index (χ3n) is 5.71. The molecular weight excluding hydrogens is 362 g/mol. The van der Waals surface area contributed by atoms with Crippen LogP contribution < -0.4 is 5.73 Å². The van der Waals surface area contributed by atoms with Crippen LogP contribution in [0.2, 0.25) is 0 Å². The highest BCUT2D eigenvalue weighted by atomic mass is 16.5. The fraction of sp³-hybridized carbons (Fsp3) is 0.565. The van der Waals surface area contributed by atoms with E-state index in [1.807, 2.05) is 19.2 Å². The Labute approximate surface area is 172 Å². The summed E-state index contributed by atoms with van der Waals surface area (Å²) in [6, 6.07) is 4.59. The zero-order valence-electron chi connectivity index (χ0n) is 17.8. The van der Waals surface area contributed by atoms with Gasteiger partial charge in [-0.15, -0.1) is 0 Å². The summed E-state index contributed by atoms with van der Waals surface area (Å²) in [7, 11) is 0. The van der Waals surface area contributed by atoms with Crippen molar-refractivity contribution in [1.29, 1.82) is 0 Å². The molecule has 2 fully saturated rings. The smallest absolute Gasteiger partial charge is 0.163 e. The van der Waals surface area contributed by atoms with Crippen LogP contribution in [0.5, 0.6) is 0 Å². The third kappa shape index (κ3) is 4.47. The lowest BCUT2D eigenvalue weighted by Crippen LogP contribution is -2.33. The summed E-state index contributed by atoms with van der Waals surface area (Å²) in [6.07, 6.45) is 7.61. The van der Waals surface area contributed by atoms with Gasteiger partial charge in [0.25, 0.3) is 0 Å². The Morgan fingerprint density at radius 3 is 2.69 bits per heavy atom. The quantitative estimate of drug-likeness (QED) is 0.770. The van der Waals surface area contributed by atoms with E-state index in [0.717, 1.165) is 46.7 Å². The lowest BCUT2D eigenvalue weighted by atomic mass is 9.88. The second-order valence-corrected chi connectivity index (χ2v) is 8.73. The largest absolute Gasteiger partial charge is 0.404 e. The predicted octanol–water partition coefficient (Wildman–Crippen LogP) is 4.18. The highest BCUT2D eigenvalue weighted by molar-refractivity contribution is 5.80. The van der Waals surface area contributed by atoms with Crippen LogP contribution >= 0.6 is 0 Å². The number of aromatic nitrogens is 3. The Morgan fingerprint density at radius 1 is 1.21 bits per heavy atom. The minimum atomic E-state index is -0.0801. The summed E-state index contributed by atoms with van der Waals surface area (Å²) in [5, 5.41) is 1.05. The molecule has 1 saturated heterocycles. The van der Waals surface area contributed by atoms with E-state index in [1.54, 1.807) is 6.20 Å². The first-order valence-corrected chi connectivity index (χ1v) is 10.7. The van der Waals surface area contributed by atoms with E-state index in [4.69, 9.17) is 20.4 Å². The molecule has 2 aromatic heterocycles. The molecule has 154 valence electrons. The fourth-order valence-corrected chi connectivity index (χ4v) is 3.99. The maximum atomic E-state index is 6.22. The third-order valence-corrected chi connectivity index (χ3v) is 5.71. The molecule has 4 rings (SSSR count). The van der Waals surface area contributed by atoms with Crippen molar-refractivity contribution >= 4 is 17.2 Å². The van der Waals surface area contributed by atoms with Crippen molar-refractivity contribution < 1.29 is 4.74 Å². The van der Waals surface area contributed by atoms with Crippen LogP contribution in [0.15, 0.2) is 28.9 Å². The molecule has 0 unspecified atom stereocenters. The van der Waals surface area contributed by atoms with E-state index in [2.05, 4.69) is 36.8 Å². The van der Waals surface area contributed by atoms with Gasteiger partial charge in [-0.2, -0.15) is 0 Å². The standard InChI is InChI=1S/C23H31N5O/c1-13(2)21-19-8-5-14(3)26-23(19)28-22(27-21)16-9-15(4)29-20(10-16)17(11-24)12-25-18-6-7-18/h5,8,11-13,15-16,18,20H,6-7,9-10,24H2,1-4H3/b17-11+,25-12?/t15-,16+,20+/m1/s1. The van der Waals surface area contributed by atoms with Crippen LogP contribution in [-0.2, 0) is 4.74 Å². The number of fused-ring (bicyclic) bond motifs is 1. The number of hydrogen-bond donors (Lipinski definition) is 1. The van der Waals surface area contributed by atoms with Crippen LogP contribution in [0.25, 0.3) is 11.0 Å². The van der Waals surface area contributed by atoms with Crippen LogP contribution in [-0.4, -0.2) is 39.4 Å². The van der Waals surface area contributed by atoms with Crippen molar-refractivity contribution in [3.63, 3.8) is 0 Å². The second-order valence-electron chi connectivity index (χ2n) is 8.73. The number of nitrogens with two attached hydrogens (primary N) is 1. The molecular formula is C23H31N5O. The normalized spacial score (nSPS) is 26.0. The highest BCUT2D eigenvalue weighted by Crippen LogP contribution is 2.35. The van der Waals surface area contributed by atoms with E-state index < -0.39 is 0 Å². The van der Waals surface area contributed by atoms with Crippen molar-refractivity contribution in [1.82, 2.24) is 15.0 Å². The first-order valence-electron chi connectivity index (χ1n) is 10.7. The maximum absolute atomic E-state index is 6.22. The van der Waals surface area contributed by atoms with Crippen molar-refractivity contribution in [3.05, 3.63) is 41.1 Å². The molecule has 3 atom stereocenters. The highest BCUT2D eigenvalue weighted by Gasteiger charge is 2.32. The van der Waals surface area contributed by atoms with Gasteiger partial charge in [-0.1, -0.05) is 13.8 Å². The first kappa shape index (κ1) is 20.0. The summed E-state index contributed by atoms with van der Waals surface area (Å²) in [4.78, 5) is 19.2. The predicted molar refractivity (Wildman–Crippen MR) is 116 cm³/mol. The van der Waals surface area contributed by atoms with Gasteiger partial charge in [0.15, 0.2) is 5.65 Å². The Bertz CT molecular complexity index is 948. The lowest BCUT2D eigenvalue weighted by Gasteiger charge is -2.34. The molecule has 2 N–H and O–H groups in total. The molecule has 2 aliphatic rings. The summed E-state index contributed by atoms with van der Waals surface area (Å²) < 4.78 is 6.22. The maximum Gasteiger partial charge on any atom is 0.163 e. The van der Waals surface area contributed by atoms with Crippen molar-refractivity contribution in [2.24, 2.45) is 10.7 Å². The van der Waals surface area contributed by atoms with Gasteiger partial charge in [-0.05, 0) is 57.6 Å². The minimum absolute atomic E-state index is 0.0801. The molecule has 1 aliphatic carbocycles. The Kier molecular flexibility index (Phi) is 5.63. The molecule has 0 bridgehead atoms. The van der Waals surface area contributed by atoms with E-state index in [9.17, 15) is 0 Å². The van der Waals surface area contributed by atoms with Crippen LogP contribution in [0.3, 0.4) is 0 Å². The molecule has 0 radical (unpaired) electrons. The van der Waals surface area contributed by atoms with E-state index in [1.165, 1.54) is 12.8 Å². The second kappa shape index (κ2) is 8.19. The number of ether oxygens (including phenoxy) is 1. The van der Waals surface area contributed by atoms with E-state index >= 15 is 0 Å². The summed E-state index contributed by atoms with van der Waals surface area (Å²) in [6.45, 7) is 8.45. The van der Waals surface area contributed by atoms with Gasteiger partial charge < -0.3 is 10.5 Å². The van der Waals surface area contributed by atoms with Gasteiger partial charge in [0.2, 0.25) is 0 Å². The summed E-state index contributed by atoms with van der Waals surface area (Å²) in [5.74, 6) is 1.38. The number of aryl methyl sites for hydroxylation is 1. The molecule has 0 spiro atoms. The van der Waals surface area contributed by atoms with Gasteiger partial charge in [0.1, 0.15) is 5.82 Å². The zero-order chi connectivity index (χ0) is 20.5. The minimum Gasteiger partial charge on any atom is -0.404 e. The van der Waals surface area contributed by atoms with Crippen LogP contribution in [0.4, 0.5) is 0 Å². The fourth-order valence-electron chi connectivity index (χ4n) is 3.99. The van der Waals surface area contributed by atoms with Crippen LogP contribution in [0.1, 0.15) is 75.5 Å². The molecule has 1 saturated carbocycles. The molecule has 0 amide bonds. The molecule has 1 aliphatic heterocycles. The average molecular weight is 394 g/mol. The van der Waals surface area contributed by atoms with Crippen LogP contribution in [0, 0.1) is 6.92 Å². The van der Waals surface area contributed by atoms with Gasteiger partial charge in [0, 0.05) is 35.0 Å². The lowest BCUT2D eigenvalue weighted by molar-refractivity contribution is -0.0272. The topological polar surface area (TPSA) is 86.3 Å². The van der Waals surface area contributed by atoms with E-state index in [-0.39, 0.29) is 18.1 Å². The Morgan fingerprint density at radius 2 is 2.00 bits per heavy atom. The molecule has 2 aromatic rings. The average Bonchev–Trinajstić information content (AvgIpc) is 3.51. The summed E-state index contributed by atoms with van der Waals surface area (Å²) in [5.41, 5.74) is 9.70. The number of pyridine rings is 1. The van der Waals surface area contributed by atoms with Gasteiger partial charge in [-0.3, -0.25) is 4.99 Å². The molecule has 0 aromatic carbocycles. The summed E-state index contributed by atoms with van der Waals surface area (Å²) >= 11 is 0. The molecule has 3 heterocycles. The van der Waals surface area contributed by atoms with Gasteiger partial charge in [-0.25, -0.2) is 15.0 Å². The number of nitrogens with zero attached hydrogens (tertiary/aromatic N) is 4. The monoisotopic (exact) mass is 393 g/mol. The van der Waals surface area contributed by atoms with E-state index in [0.29, 0.717) is 12.0 Å². The number of hydrogen-bond acceptors (Lipinski definition) is 6. The molecule has 6 heteroatoms. The van der Waals surface area contributed by atoms with Crippen molar-refractivity contribution in [2.75, 3.05) is 0 Å². The number of aliphatic imine (C=N–C) groups is 1. The molecule has 6 nitrogen and oxygen atoms in total. The van der Waals surface area contributed by atoms with Gasteiger partial charge in [0.05, 0.1) is 23.9 Å². The molecule has 29 heavy (non-hydrogen) atoms. The Hall–Kier alpha value is -2.34. The SMILES string of the molecule is Cc1ccc2c(C(C)C)nc([C@H]3C[C@@H](C)O[C@H](/C(C=NC4CC4)=C/N)C3)nc2n1. The van der Waals surface area contributed by atoms with Crippen molar-refractivity contribution in [3.8, 4) is 0 Å². The van der Waals surface area contributed by atoms with Crippen molar-refractivity contribution in [2.45, 2.75) is 83.5 Å². The first-order chi connectivity index (χ1) is 13.9.